The second kappa shape index (κ2) is 3.34. The van der Waals surface area contributed by atoms with E-state index in [0.717, 1.165) is 0 Å². The van der Waals surface area contributed by atoms with Crippen molar-refractivity contribution in [2.45, 2.75) is 19.4 Å². The molecule has 0 rings (SSSR count). The molecule has 0 saturated carbocycles. The van der Waals surface area contributed by atoms with E-state index < -0.39 is 17.4 Å². The van der Waals surface area contributed by atoms with Crippen molar-refractivity contribution in [1.29, 1.82) is 0 Å². The third-order valence-electron chi connectivity index (χ3n) is 0.907. The zero-order valence-electron chi connectivity index (χ0n) is 4.84. The molecular formula is C4H7F2NO2. The molecule has 0 amide bonds. The molecule has 0 spiro atoms. The number of carboxylic acids is 1. The van der Waals surface area contributed by atoms with Crippen molar-refractivity contribution < 1.29 is 18.9 Å². The lowest BCUT2D eigenvalue weighted by molar-refractivity contribution is -0.201. The Morgan fingerprint density at radius 3 is 2.22 bits per heavy atom. The smallest absolute Gasteiger partial charge is 0.326 e. The average Bonchev–Trinajstić information content (AvgIpc) is 1.64. The Hall–Kier alpha value is -0.710. The zero-order valence-corrected chi connectivity index (χ0v) is 4.84. The summed E-state index contributed by atoms with van der Waals surface area (Å²) >= 11 is 0. The van der Waals surface area contributed by atoms with Crippen LogP contribution in [0.25, 0.3) is 0 Å². The maximum absolute atomic E-state index is 11.4. The molecule has 1 unspecified atom stereocenters. The molecule has 0 aliphatic carbocycles. The zero-order chi connectivity index (χ0) is 7.44. The number of halogens is 2. The van der Waals surface area contributed by atoms with Gasteiger partial charge >= 0.3 is 5.97 Å². The summed E-state index contributed by atoms with van der Waals surface area (Å²) in [7, 11) is 0. The Morgan fingerprint density at radius 2 is 2.22 bits per heavy atom. The second-order valence-electron chi connectivity index (χ2n) is 1.52. The van der Waals surface area contributed by atoms with E-state index in [-0.39, 0.29) is 6.42 Å². The van der Waals surface area contributed by atoms with Crippen LogP contribution in [0.2, 0.25) is 0 Å². The summed E-state index contributed by atoms with van der Waals surface area (Å²) in [5, 5.41) is 6.72. The molecule has 0 aromatic carbocycles. The number of carbonyl (C=O) groups is 1. The third kappa shape index (κ3) is 2.36. The maximum atomic E-state index is 11.4. The van der Waals surface area contributed by atoms with Gasteiger partial charge in [-0.25, -0.2) is 0 Å². The number of carboxylic acid groups (broad SMARTS) is 1. The van der Waals surface area contributed by atoms with E-state index >= 15 is 0 Å². The minimum Gasteiger partial charge on any atom is -0.480 e. The van der Waals surface area contributed by atoms with Crippen molar-refractivity contribution in [3.8, 4) is 0 Å². The standard InChI is InChI=1S/C4H7F2NO2/c1-2-3(4(8)9)7(5)6/h3H,2H2,1H3,(H,8,9). The summed E-state index contributed by atoms with van der Waals surface area (Å²) in [4.78, 5) is 9.85. The predicted octanol–water partition coefficient (Wildman–Crippen LogP) is 0.921. The van der Waals surface area contributed by atoms with Gasteiger partial charge in [-0.2, -0.15) is 0 Å². The Labute approximate surface area is 50.8 Å². The topological polar surface area (TPSA) is 40.5 Å². The van der Waals surface area contributed by atoms with E-state index in [1.54, 1.807) is 0 Å². The van der Waals surface area contributed by atoms with E-state index in [2.05, 4.69) is 0 Å². The second-order valence-corrected chi connectivity index (χ2v) is 1.52. The van der Waals surface area contributed by atoms with Crippen LogP contribution in [0, 0.1) is 0 Å². The largest absolute Gasteiger partial charge is 0.480 e. The number of nitrogens with zero attached hydrogens (tertiary/aromatic N) is 1. The fourth-order valence-electron chi connectivity index (χ4n) is 0.396. The summed E-state index contributed by atoms with van der Waals surface area (Å²) in [6.45, 7) is 1.38. The van der Waals surface area contributed by atoms with Crippen LogP contribution in [0.1, 0.15) is 13.3 Å². The monoisotopic (exact) mass is 139 g/mol. The fourth-order valence-corrected chi connectivity index (χ4v) is 0.396. The van der Waals surface area contributed by atoms with Crippen LogP contribution in [0.5, 0.6) is 0 Å². The van der Waals surface area contributed by atoms with Gasteiger partial charge in [0.2, 0.25) is 0 Å². The van der Waals surface area contributed by atoms with E-state index in [9.17, 15) is 13.8 Å². The molecule has 0 aromatic heterocycles. The molecule has 1 N–H and O–H groups in total. The molecule has 0 aromatic rings. The van der Waals surface area contributed by atoms with Crippen molar-refractivity contribution in [2.24, 2.45) is 0 Å². The molecule has 0 fully saturated rings. The molecule has 0 bridgehead atoms. The van der Waals surface area contributed by atoms with Crippen molar-refractivity contribution in [2.75, 3.05) is 0 Å². The van der Waals surface area contributed by atoms with Gasteiger partial charge in [0.15, 0.2) is 6.04 Å². The first-order valence-corrected chi connectivity index (χ1v) is 2.43. The SMILES string of the molecule is CCC(C(=O)O)N(F)F. The van der Waals surface area contributed by atoms with E-state index in [0.29, 0.717) is 0 Å². The lowest BCUT2D eigenvalue weighted by atomic mass is 10.2. The lowest BCUT2D eigenvalue weighted by Crippen LogP contribution is -2.29. The van der Waals surface area contributed by atoms with Crippen LogP contribution in [0.15, 0.2) is 0 Å². The van der Waals surface area contributed by atoms with Crippen molar-refractivity contribution in [1.82, 2.24) is 5.34 Å². The van der Waals surface area contributed by atoms with Gasteiger partial charge in [-0.15, -0.1) is 8.96 Å². The molecular weight excluding hydrogens is 132 g/mol. The molecule has 1 atom stereocenters. The Morgan fingerprint density at radius 1 is 1.78 bits per heavy atom. The van der Waals surface area contributed by atoms with Crippen molar-refractivity contribution in [3.63, 3.8) is 0 Å². The summed E-state index contributed by atoms with van der Waals surface area (Å²) in [6.07, 6.45) is -0.0949. The van der Waals surface area contributed by atoms with Gasteiger partial charge in [-0.05, 0) is 6.42 Å². The Bertz CT molecular complexity index is 107. The highest BCUT2D eigenvalue weighted by atomic mass is 19.4. The minimum atomic E-state index is -1.66. The molecule has 0 aliphatic rings. The molecule has 0 heterocycles. The van der Waals surface area contributed by atoms with Gasteiger partial charge in [0, 0.05) is 5.34 Å². The molecule has 5 heteroatoms. The molecule has 3 nitrogen and oxygen atoms in total. The van der Waals surface area contributed by atoms with Crippen LogP contribution < -0.4 is 0 Å². The van der Waals surface area contributed by atoms with Crippen molar-refractivity contribution >= 4 is 5.97 Å². The normalized spacial score (nSPS) is 13.8. The third-order valence-corrected chi connectivity index (χ3v) is 0.907. The van der Waals surface area contributed by atoms with Crippen LogP contribution in [-0.4, -0.2) is 22.5 Å². The van der Waals surface area contributed by atoms with Crippen LogP contribution in [0.4, 0.5) is 8.96 Å². The number of rotatable bonds is 3. The van der Waals surface area contributed by atoms with Crippen LogP contribution >= 0.6 is 0 Å². The van der Waals surface area contributed by atoms with Crippen LogP contribution in [-0.2, 0) is 4.79 Å². The molecule has 9 heavy (non-hydrogen) atoms. The first-order valence-electron chi connectivity index (χ1n) is 2.43. The fraction of sp³-hybridized carbons (Fsp3) is 0.750. The molecule has 0 saturated heterocycles. The quantitative estimate of drug-likeness (QED) is 0.591. The predicted molar refractivity (Wildman–Crippen MR) is 25.8 cm³/mol. The average molecular weight is 139 g/mol. The maximum Gasteiger partial charge on any atom is 0.326 e. The molecule has 54 valence electrons. The first kappa shape index (κ1) is 8.29. The minimum absolute atomic E-state index is 0.0949. The van der Waals surface area contributed by atoms with Gasteiger partial charge in [0.1, 0.15) is 0 Å². The lowest BCUT2D eigenvalue weighted by Gasteiger charge is -2.07. The van der Waals surface area contributed by atoms with E-state index in [4.69, 9.17) is 5.11 Å². The van der Waals surface area contributed by atoms with Gasteiger partial charge in [-0.3, -0.25) is 4.79 Å². The summed E-state index contributed by atoms with van der Waals surface area (Å²) < 4.78 is 22.8. The molecule has 0 aliphatic heterocycles. The van der Waals surface area contributed by atoms with Gasteiger partial charge < -0.3 is 5.11 Å². The van der Waals surface area contributed by atoms with Gasteiger partial charge in [0.25, 0.3) is 0 Å². The highest BCUT2D eigenvalue weighted by molar-refractivity contribution is 5.72. The van der Waals surface area contributed by atoms with Crippen LogP contribution in [0.3, 0.4) is 0 Å². The summed E-state index contributed by atoms with van der Waals surface area (Å²) in [5.74, 6) is -1.50. The van der Waals surface area contributed by atoms with E-state index in [1.807, 2.05) is 0 Å². The summed E-state index contributed by atoms with van der Waals surface area (Å²) in [5.41, 5.74) is 0. The van der Waals surface area contributed by atoms with Gasteiger partial charge in [0.05, 0.1) is 0 Å². The Balaban J connectivity index is 3.83. The highest BCUT2D eigenvalue weighted by Gasteiger charge is 2.23. The van der Waals surface area contributed by atoms with Gasteiger partial charge in [-0.1, -0.05) is 6.92 Å². The number of hydrogen-bond acceptors (Lipinski definition) is 2. The number of hydrogen-bond donors (Lipinski definition) is 1. The first-order chi connectivity index (χ1) is 4.09. The Kier molecular flexibility index (Phi) is 3.08. The number of aliphatic carboxylic acids is 1. The van der Waals surface area contributed by atoms with E-state index in [1.165, 1.54) is 6.92 Å². The molecule has 0 radical (unpaired) electrons. The highest BCUT2D eigenvalue weighted by Crippen LogP contribution is 2.04. The van der Waals surface area contributed by atoms with Crippen molar-refractivity contribution in [3.05, 3.63) is 0 Å². The summed E-state index contributed by atoms with van der Waals surface area (Å²) in [6, 6.07) is -1.66.